The maximum absolute atomic E-state index is 5.44. The summed E-state index contributed by atoms with van der Waals surface area (Å²) in [6.07, 6.45) is 5.74. The van der Waals surface area contributed by atoms with Crippen LogP contribution in [0.25, 0.3) is 0 Å². The third-order valence-electron chi connectivity index (χ3n) is 2.63. The number of hydrazine groups is 1. The van der Waals surface area contributed by atoms with Crippen LogP contribution < -0.4 is 16.6 Å². The van der Waals surface area contributed by atoms with Crippen LogP contribution in [0.15, 0.2) is 23.5 Å². The molecule has 3 heteroatoms. The van der Waals surface area contributed by atoms with Crippen molar-refractivity contribution < 1.29 is 0 Å². The third kappa shape index (κ3) is 2.77. The Hall–Kier alpha value is -0.960. The van der Waals surface area contributed by atoms with E-state index in [1.165, 1.54) is 24.8 Å². The highest BCUT2D eigenvalue weighted by Gasteiger charge is 2.15. The summed E-state index contributed by atoms with van der Waals surface area (Å²) in [5, 5.41) is 3.34. The Kier molecular flexibility index (Phi) is 4.53. The van der Waals surface area contributed by atoms with Crippen LogP contribution in [-0.2, 0) is 0 Å². The quantitative estimate of drug-likeness (QED) is 0.344. The second kappa shape index (κ2) is 5.70. The summed E-state index contributed by atoms with van der Waals surface area (Å²) in [5.41, 5.74) is 6.24. The van der Waals surface area contributed by atoms with Crippen molar-refractivity contribution in [3.05, 3.63) is 23.5 Å². The number of nitrogens with one attached hydrogen (secondary N) is 2. The number of hydrogen-bond acceptors (Lipinski definition) is 3. The van der Waals surface area contributed by atoms with Crippen molar-refractivity contribution in [2.75, 3.05) is 6.54 Å². The van der Waals surface area contributed by atoms with Crippen molar-refractivity contribution in [2.24, 2.45) is 5.84 Å². The van der Waals surface area contributed by atoms with Crippen molar-refractivity contribution in [1.29, 1.82) is 0 Å². The van der Waals surface area contributed by atoms with Crippen molar-refractivity contribution >= 4 is 0 Å². The Morgan fingerprint density at radius 1 is 1.50 bits per heavy atom. The molecule has 80 valence electrons. The number of nitrogens with two attached hydrogens (primary N) is 1. The smallest absolute Gasteiger partial charge is 0.0317 e. The molecule has 0 aromatic heterocycles. The molecule has 1 rings (SSSR count). The van der Waals surface area contributed by atoms with Gasteiger partial charge in [0.05, 0.1) is 0 Å². The van der Waals surface area contributed by atoms with Crippen LogP contribution in [0.2, 0.25) is 0 Å². The minimum absolute atomic E-state index is 1.01. The lowest BCUT2D eigenvalue weighted by Gasteiger charge is -2.12. The highest BCUT2D eigenvalue weighted by molar-refractivity contribution is 5.34. The standard InChI is InChI=1S/C11H21N3/c1-3-4-8-13-9(2)10-6-5-7-11(10)14-12/h13-14H,2-8,12H2,1H3. The molecule has 0 aromatic rings. The molecule has 0 amide bonds. The Labute approximate surface area is 86.4 Å². The predicted molar refractivity (Wildman–Crippen MR) is 60.3 cm³/mol. The van der Waals surface area contributed by atoms with E-state index in [1.54, 1.807) is 0 Å². The molecule has 1 aliphatic rings. The summed E-state index contributed by atoms with van der Waals surface area (Å²) >= 11 is 0. The fourth-order valence-electron chi connectivity index (χ4n) is 1.76. The van der Waals surface area contributed by atoms with Gasteiger partial charge in [-0.25, -0.2) is 0 Å². The first kappa shape index (κ1) is 11.1. The molecular formula is C11H21N3. The number of allylic oxidation sites excluding steroid dienone is 2. The van der Waals surface area contributed by atoms with Gasteiger partial charge in [-0.05, 0) is 31.3 Å². The number of unbranched alkanes of at least 4 members (excludes halogenated alkanes) is 1. The van der Waals surface area contributed by atoms with Gasteiger partial charge in [-0.2, -0.15) is 0 Å². The summed E-state index contributed by atoms with van der Waals surface area (Å²) in [6, 6.07) is 0. The molecule has 0 saturated carbocycles. The van der Waals surface area contributed by atoms with Gasteiger partial charge < -0.3 is 10.7 Å². The van der Waals surface area contributed by atoms with E-state index in [1.807, 2.05) is 0 Å². The van der Waals surface area contributed by atoms with E-state index in [2.05, 4.69) is 24.2 Å². The van der Waals surface area contributed by atoms with Crippen LogP contribution in [0.5, 0.6) is 0 Å². The lowest BCUT2D eigenvalue weighted by Crippen LogP contribution is -2.23. The summed E-state index contributed by atoms with van der Waals surface area (Å²) in [7, 11) is 0. The second-order valence-corrected chi connectivity index (χ2v) is 3.71. The first-order chi connectivity index (χ1) is 6.79. The largest absolute Gasteiger partial charge is 0.385 e. The zero-order valence-electron chi connectivity index (χ0n) is 9.03. The molecule has 0 bridgehead atoms. The molecule has 0 spiro atoms. The molecule has 0 radical (unpaired) electrons. The minimum Gasteiger partial charge on any atom is -0.385 e. The minimum atomic E-state index is 1.01. The molecule has 0 aliphatic heterocycles. The van der Waals surface area contributed by atoms with E-state index in [9.17, 15) is 0 Å². The zero-order chi connectivity index (χ0) is 10.4. The van der Waals surface area contributed by atoms with E-state index >= 15 is 0 Å². The van der Waals surface area contributed by atoms with Gasteiger partial charge in [0.25, 0.3) is 0 Å². The maximum Gasteiger partial charge on any atom is 0.0317 e. The Bertz CT molecular complexity index is 231. The van der Waals surface area contributed by atoms with Gasteiger partial charge in [-0.3, -0.25) is 5.84 Å². The van der Waals surface area contributed by atoms with Crippen molar-refractivity contribution in [2.45, 2.75) is 39.0 Å². The van der Waals surface area contributed by atoms with Crippen LogP contribution >= 0.6 is 0 Å². The maximum atomic E-state index is 5.44. The van der Waals surface area contributed by atoms with Crippen LogP contribution in [0.4, 0.5) is 0 Å². The molecule has 0 heterocycles. The van der Waals surface area contributed by atoms with Gasteiger partial charge in [0.2, 0.25) is 0 Å². The van der Waals surface area contributed by atoms with Gasteiger partial charge >= 0.3 is 0 Å². The molecule has 14 heavy (non-hydrogen) atoms. The molecule has 3 nitrogen and oxygen atoms in total. The highest BCUT2D eigenvalue weighted by atomic mass is 15.2. The van der Waals surface area contributed by atoms with Gasteiger partial charge in [0, 0.05) is 17.9 Å². The normalized spacial score (nSPS) is 15.9. The van der Waals surface area contributed by atoms with E-state index in [-0.39, 0.29) is 0 Å². The van der Waals surface area contributed by atoms with Crippen molar-refractivity contribution in [3.8, 4) is 0 Å². The second-order valence-electron chi connectivity index (χ2n) is 3.71. The van der Waals surface area contributed by atoms with E-state index in [4.69, 9.17) is 5.84 Å². The lowest BCUT2D eigenvalue weighted by atomic mass is 10.1. The molecule has 1 aliphatic carbocycles. The Balaban J connectivity index is 2.43. The molecule has 4 N–H and O–H groups in total. The molecule has 0 aromatic carbocycles. The van der Waals surface area contributed by atoms with E-state index in [0.717, 1.165) is 30.8 Å². The van der Waals surface area contributed by atoms with Gasteiger partial charge in [0.15, 0.2) is 0 Å². The predicted octanol–water partition coefficient (Wildman–Crippen LogP) is 1.79. The molecule has 0 fully saturated rings. The van der Waals surface area contributed by atoms with Crippen molar-refractivity contribution in [1.82, 2.24) is 10.7 Å². The molecular weight excluding hydrogens is 174 g/mol. The van der Waals surface area contributed by atoms with Crippen LogP contribution in [0.1, 0.15) is 39.0 Å². The first-order valence-electron chi connectivity index (χ1n) is 5.41. The third-order valence-corrected chi connectivity index (χ3v) is 2.63. The van der Waals surface area contributed by atoms with Crippen LogP contribution in [0.3, 0.4) is 0 Å². The Morgan fingerprint density at radius 3 is 2.93 bits per heavy atom. The monoisotopic (exact) mass is 195 g/mol. The fraction of sp³-hybridized carbons (Fsp3) is 0.636. The van der Waals surface area contributed by atoms with Crippen LogP contribution in [-0.4, -0.2) is 6.54 Å². The summed E-state index contributed by atoms with van der Waals surface area (Å²) < 4.78 is 0. The average Bonchev–Trinajstić information content (AvgIpc) is 2.65. The Morgan fingerprint density at radius 2 is 2.29 bits per heavy atom. The fourth-order valence-corrected chi connectivity index (χ4v) is 1.76. The average molecular weight is 195 g/mol. The summed E-state index contributed by atoms with van der Waals surface area (Å²) in [5.74, 6) is 5.44. The van der Waals surface area contributed by atoms with Gasteiger partial charge in [-0.1, -0.05) is 19.9 Å². The van der Waals surface area contributed by atoms with Gasteiger partial charge in [0.1, 0.15) is 0 Å². The highest BCUT2D eigenvalue weighted by Crippen LogP contribution is 2.27. The molecule has 0 saturated heterocycles. The first-order valence-corrected chi connectivity index (χ1v) is 5.41. The van der Waals surface area contributed by atoms with E-state index in [0.29, 0.717) is 0 Å². The zero-order valence-corrected chi connectivity index (χ0v) is 9.03. The number of hydrogen-bond donors (Lipinski definition) is 3. The van der Waals surface area contributed by atoms with Crippen LogP contribution in [0, 0.1) is 0 Å². The van der Waals surface area contributed by atoms with E-state index < -0.39 is 0 Å². The summed E-state index contributed by atoms with van der Waals surface area (Å²) in [4.78, 5) is 0. The lowest BCUT2D eigenvalue weighted by molar-refractivity contribution is 0.710. The van der Waals surface area contributed by atoms with Crippen molar-refractivity contribution in [3.63, 3.8) is 0 Å². The van der Waals surface area contributed by atoms with Gasteiger partial charge in [-0.15, -0.1) is 0 Å². The summed E-state index contributed by atoms with van der Waals surface area (Å²) in [6.45, 7) is 7.24. The number of rotatable bonds is 6. The topological polar surface area (TPSA) is 50.1 Å². The molecule has 0 unspecified atom stereocenters. The SMILES string of the molecule is C=C(NCCCC)C1=C(NN)CCC1. The molecule has 0 atom stereocenters.